The van der Waals surface area contributed by atoms with Gasteiger partial charge in [0.15, 0.2) is 0 Å². The van der Waals surface area contributed by atoms with Crippen molar-refractivity contribution in [1.29, 1.82) is 0 Å². The van der Waals surface area contributed by atoms with Gasteiger partial charge in [0.2, 0.25) is 0 Å². The highest BCUT2D eigenvalue weighted by molar-refractivity contribution is 5.93. The third-order valence-electron chi connectivity index (χ3n) is 3.08. The molecule has 1 amide bonds. The van der Waals surface area contributed by atoms with Gasteiger partial charge in [-0.25, -0.2) is 4.98 Å². The summed E-state index contributed by atoms with van der Waals surface area (Å²) in [5.74, 6) is 0.989. The molecule has 1 aliphatic rings. The van der Waals surface area contributed by atoms with Crippen LogP contribution in [0.3, 0.4) is 0 Å². The van der Waals surface area contributed by atoms with Gasteiger partial charge in [0.25, 0.3) is 5.91 Å². The fraction of sp³-hybridized carbons (Fsp3) is 0.538. The van der Waals surface area contributed by atoms with Crippen LogP contribution >= 0.6 is 0 Å². The van der Waals surface area contributed by atoms with Crippen LogP contribution in [0.1, 0.15) is 29.6 Å². The molecule has 2 heterocycles. The third kappa shape index (κ3) is 2.75. The first-order chi connectivity index (χ1) is 8.18. The maximum atomic E-state index is 11.7. The maximum Gasteiger partial charge on any atom is 0.254 e. The molecule has 1 aromatic heterocycles. The highest BCUT2D eigenvalue weighted by atomic mass is 16.2. The lowest BCUT2D eigenvalue weighted by Gasteiger charge is -2.27. The van der Waals surface area contributed by atoms with Gasteiger partial charge < -0.3 is 9.80 Å². The zero-order chi connectivity index (χ0) is 12.3. The van der Waals surface area contributed by atoms with E-state index in [9.17, 15) is 4.79 Å². The van der Waals surface area contributed by atoms with E-state index in [1.165, 1.54) is 19.3 Å². The highest BCUT2D eigenvalue weighted by Crippen LogP contribution is 2.17. The number of rotatable bonds is 2. The van der Waals surface area contributed by atoms with E-state index in [2.05, 4.69) is 9.88 Å². The highest BCUT2D eigenvalue weighted by Gasteiger charge is 2.13. The van der Waals surface area contributed by atoms with Crippen LogP contribution in [0.5, 0.6) is 0 Å². The van der Waals surface area contributed by atoms with E-state index in [1.807, 2.05) is 12.1 Å². The summed E-state index contributed by atoms with van der Waals surface area (Å²) in [5.41, 5.74) is 0.649. The Bertz CT molecular complexity index is 380. The van der Waals surface area contributed by atoms with Crippen LogP contribution in [-0.4, -0.2) is 43.0 Å². The van der Waals surface area contributed by atoms with Gasteiger partial charge in [0.05, 0.1) is 5.56 Å². The monoisotopic (exact) mass is 233 g/mol. The first-order valence-corrected chi connectivity index (χ1v) is 6.11. The molecule has 1 saturated heterocycles. The second kappa shape index (κ2) is 5.17. The number of carbonyl (C=O) groups excluding carboxylic acids is 1. The number of nitrogens with zero attached hydrogens (tertiary/aromatic N) is 3. The number of aromatic nitrogens is 1. The molecule has 0 unspecified atom stereocenters. The zero-order valence-corrected chi connectivity index (χ0v) is 10.5. The van der Waals surface area contributed by atoms with Gasteiger partial charge in [0.1, 0.15) is 5.82 Å². The molecule has 0 aromatic carbocycles. The van der Waals surface area contributed by atoms with Crippen LogP contribution in [0.15, 0.2) is 18.3 Å². The van der Waals surface area contributed by atoms with Crippen LogP contribution in [0.2, 0.25) is 0 Å². The summed E-state index contributed by atoms with van der Waals surface area (Å²) in [7, 11) is 3.50. The summed E-state index contributed by atoms with van der Waals surface area (Å²) in [6.07, 6.45) is 5.46. The van der Waals surface area contributed by atoms with Crippen molar-refractivity contribution < 1.29 is 4.79 Å². The Labute approximate surface area is 102 Å². The number of hydrogen-bond donors (Lipinski definition) is 0. The first-order valence-electron chi connectivity index (χ1n) is 6.11. The Morgan fingerprint density at radius 2 is 1.94 bits per heavy atom. The zero-order valence-electron chi connectivity index (χ0n) is 10.5. The van der Waals surface area contributed by atoms with Crippen LogP contribution in [0.25, 0.3) is 0 Å². The van der Waals surface area contributed by atoms with E-state index in [4.69, 9.17) is 0 Å². The van der Waals surface area contributed by atoms with Crippen molar-refractivity contribution in [2.75, 3.05) is 32.1 Å². The first kappa shape index (κ1) is 11.9. The van der Waals surface area contributed by atoms with Crippen molar-refractivity contribution in [3.05, 3.63) is 23.9 Å². The number of carbonyl (C=O) groups is 1. The fourth-order valence-corrected chi connectivity index (χ4v) is 2.08. The molecule has 0 saturated carbocycles. The molecule has 2 rings (SSSR count). The Hall–Kier alpha value is -1.58. The third-order valence-corrected chi connectivity index (χ3v) is 3.08. The van der Waals surface area contributed by atoms with Crippen molar-refractivity contribution in [2.24, 2.45) is 0 Å². The quantitative estimate of drug-likeness (QED) is 0.781. The molecule has 1 aliphatic heterocycles. The molecule has 0 spiro atoms. The minimum atomic E-state index is 0.00249. The van der Waals surface area contributed by atoms with Gasteiger partial charge in [-0.05, 0) is 31.4 Å². The normalized spacial score (nSPS) is 15.8. The Kier molecular flexibility index (Phi) is 3.61. The molecule has 4 nitrogen and oxygen atoms in total. The average Bonchev–Trinajstić information content (AvgIpc) is 2.39. The molecule has 0 aliphatic carbocycles. The summed E-state index contributed by atoms with van der Waals surface area (Å²) < 4.78 is 0. The number of piperidine rings is 1. The molecular formula is C13H19N3O. The van der Waals surface area contributed by atoms with Crippen LogP contribution in [0, 0.1) is 0 Å². The molecular weight excluding hydrogens is 214 g/mol. The average molecular weight is 233 g/mol. The molecule has 4 heteroatoms. The van der Waals surface area contributed by atoms with Gasteiger partial charge in [-0.3, -0.25) is 4.79 Å². The molecule has 92 valence electrons. The number of hydrogen-bond acceptors (Lipinski definition) is 3. The second-order valence-corrected chi connectivity index (χ2v) is 4.65. The molecule has 0 radical (unpaired) electrons. The standard InChI is InChI=1S/C13H19N3O/c1-15(2)13(17)11-6-7-12(14-10-11)16-8-4-3-5-9-16/h6-7,10H,3-5,8-9H2,1-2H3. The largest absolute Gasteiger partial charge is 0.357 e. The second-order valence-electron chi connectivity index (χ2n) is 4.65. The van der Waals surface area contributed by atoms with E-state index >= 15 is 0 Å². The number of pyridine rings is 1. The topological polar surface area (TPSA) is 36.4 Å². The molecule has 0 atom stereocenters. The van der Waals surface area contributed by atoms with Crippen LogP contribution in [-0.2, 0) is 0 Å². The lowest BCUT2D eigenvalue weighted by atomic mass is 10.1. The van der Waals surface area contributed by atoms with Gasteiger partial charge in [-0.2, -0.15) is 0 Å². The van der Waals surface area contributed by atoms with E-state index in [-0.39, 0.29) is 5.91 Å². The summed E-state index contributed by atoms with van der Waals surface area (Å²) >= 11 is 0. The summed E-state index contributed by atoms with van der Waals surface area (Å²) in [4.78, 5) is 19.9. The van der Waals surface area contributed by atoms with Crippen molar-refractivity contribution in [3.63, 3.8) is 0 Å². The smallest absolute Gasteiger partial charge is 0.254 e. The summed E-state index contributed by atoms with van der Waals surface area (Å²) in [6.45, 7) is 2.15. The molecule has 0 N–H and O–H groups in total. The van der Waals surface area contributed by atoms with Gasteiger partial charge in [0, 0.05) is 33.4 Å². The SMILES string of the molecule is CN(C)C(=O)c1ccc(N2CCCCC2)nc1. The van der Waals surface area contributed by atoms with Crippen molar-refractivity contribution in [1.82, 2.24) is 9.88 Å². The maximum absolute atomic E-state index is 11.7. The number of anilines is 1. The van der Waals surface area contributed by atoms with Crippen molar-refractivity contribution in [2.45, 2.75) is 19.3 Å². The summed E-state index contributed by atoms with van der Waals surface area (Å²) in [5, 5.41) is 0. The van der Waals surface area contributed by atoms with E-state index in [0.29, 0.717) is 5.56 Å². The van der Waals surface area contributed by atoms with Crippen molar-refractivity contribution in [3.8, 4) is 0 Å². The minimum Gasteiger partial charge on any atom is -0.357 e. The predicted octanol–water partition coefficient (Wildman–Crippen LogP) is 1.77. The lowest BCUT2D eigenvalue weighted by molar-refractivity contribution is 0.0827. The van der Waals surface area contributed by atoms with Gasteiger partial charge >= 0.3 is 0 Å². The lowest BCUT2D eigenvalue weighted by Crippen LogP contribution is -2.30. The minimum absolute atomic E-state index is 0.00249. The molecule has 0 bridgehead atoms. The molecule has 1 aromatic rings. The van der Waals surface area contributed by atoms with Gasteiger partial charge in [-0.15, -0.1) is 0 Å². The predicted molar refractivity (Wildman–Crippen MR) is 68.3 cm³/mol. The van der Waals surface area contributed by atoms with E-state index in [1.54, 1.807) is 25.2 Å². The van der Waals surface area contributed by atoms with Gasteiger partial charge in [-0.1, -0.05) is 0 Å². The van der Waals surface area contributed by atoms with Crippen molar-refractivity contribution >= 4 is 11.7 Å². The summed E-state index contributed by atoms with van der Waals surface area (Å²) in [6, 6.07) is 3.81. The van der Waals surface area contributed by atoms with E-state index < -0.39 is 0 Å². The number of amides is 1. The molecule has 17 heavy (non-hydrogen) atoms. The van der Waals surface area contributed by atoms with Crippen LogP contribution < -0.4 is 4.90 Å². The Balaban J connectivity index is 2.09. The molecule has 1 fully saturated rings. The van der Waals surface area contributed by atoms with E-state index in [0.717, 1.165) is 18.9 Å². The van der Waals surface area contributed by atoms with Crippen LogP contribution in [0.4, 0.5) is 5.82 Å². The Morgan fingerprint density at radius 3 is 2.47 bits per heavy atom. The Morgan fingerprint density at radius 1 is 1.24 bits per heavy atom. The fourth-order valence-electron chi connectivity index (χ4n) is 2.08.